The Morgan fingerprint density at radius 1 is 1.17 bits per heavy atom. The van der Waals surface area contributed by atoms with Crippen molar-refractivity contribution in [1.82, 2.24) is 9.97 Å². The smallest absolute Gasteiger partial charge is 0.263 e. The highest BCUT2D eigenvalue weighted by Gasteiger charge is 2.19. The summed E-state index contributed by atoms with van der Waals surface area (Å²) in [4.78, 5) is 21.2. The van der Waals surface area contributed by atoms with Gasteiger partial charge in [0.25, 0.3) is 5.91 Å². The van der Waals surface area contributed by atoms with Crippen LogP contribution < -0.4 is 5.32 Å². The Balaban J connectivity index is 1.88. The van der Waals surface area contributed by atoms with Gasteiger partial charge in [0.1, 0.15) is 17.2 Å². The minimum atomic E-state index is -0.914. The van der Waals surface area contributed by atoms with Crippen LogP contribution in [0.4, 0.5) is 13.9 Å². The number of anilines is 1. The van der Waals surface area contributed by atoms with Crippen LogP contribution in [0.25, 0.3) is 10.4 Å². The van der Waals surface area contributed by atoms with Crippen LogP contribution >= 0.6 is 11.3 Å². The molecule has 0 unspecified atom stereocenters. The van der Waals surface area contributed by atoms with Crippen LogP contribution in [0.5, 0.6) is 0 Å². The first-order valence-corrected chi connectivity index (χ1v) is 7.51. The number of carbonyl (C=O) groups excluding carboxylic acids is 1. The van der Waals surface area contributed by atoms with Gasteiger partial charge < -0.3 is 0 Å². The van der Waals surface area contributed by atoms with E-state index in [2.05, 4.69) is 15.3 Å². The maximum absolute atomic E-state index is 13.6. The zero-order chi connectivity index (χ0) is 16.4. The molecule has 2 aromatic heterocycles. The highest BCUT2D eigenvalue weighted by Crippen LogP contribution is 2.32. The van der Waals surface area contributed by atoms with E-state index in [0.29, 0.717) is 5.69 Å². The summed E-state index contributed by atoms with van der Waals surface area (Å²) in [5.41, 5.74) is 0.940. The zero-order valence-electron chi connectivity index (χ0n) is 12.0. The Bertz CT molecular complexity index is 845. The molecule has 116 valence electrons. The van der Waals surface area contributed by atoms with Crippen LogP contribution in [0.2, 0.25) is 0 Å². The summed E-state index contributed by atoms with van der Waals surface area (Å²) in [5.74, 6) is -2.70. The van der Waals surface area contributed by atoms with Gasteiger partial charge in [0, 0.05) is 18.0 Å². The molecule has 0 aliphatic carbocycles. The molecule has 0 atom stereocenters. The van der Waals surface area contributed by atoms with Gasteiger partial charge >= 0.3 is 0 Å². The van der Waals surface area contributed by atoms with Crippen molar-refractivity contribution in [1.29, 1.82) is 0 Å². The van der Waals surface area contributed by atoms with Crippen molar-refractivity contribution in [3.8, 4) is 10.4 Å². The number of amides is 1. The monoisotopic (exact) mass is 331 g/mol. The van der Waals surface area contributed by atoms with E-state index in [9.17, 15) is 13.6 Å². The number of benzene rings is 1. The van der Waals surface area contributed by atoms with Crippen LogP contribution in [0.15, 0.2) is 42.7 Å². The maximum atomic E-state index is 13.6. The number of rotatable bonds is 3. The molecule has 3 aromatic rings. The molecule has 0 saturated heterocycles. The molecule has 1 aromatic carbocycles. The standard InChI is InChI=1S/C16H11F2N3OS/c1-9-14(10-4-3-7-19-8-10)23-16(20-9)21-15(22)13-11(17)5-2-6-12(13)18/h2-8H,1H3,(H,20,21,22). The first-order chi connectivity index (χ1) is 11.1. The van der Waals surface area contributed by atoms with Gasteiger partial charge in [0.2, 0.25) is 0 Å². The highest BCUT2D eigenvalue weighted by molar-refractivity contribution is 7.19. The summed E-state index contributed by atoms with van der Waals surface area (Å²) >= 11 is 1.22. The lowest BCUT2D eigenvalue weighted by molar-refractivity contribution is 0.101. The largest absolute Gasteiger partial charge is 0.298 e. The van der Waals surface area contributed by atoms with E-state index < -0.39 is 23.1 Å². The summed E-state index contributed by atoms with van der Waals surface area (Å²) < 4.78 is 27.3. The van der Waals surface area contributed by atoms with Crippen molar-refractivity contribution in [2.75, 3.05) is 5.32 Å². The molecule has 23 heavy (non-hydrogen) atoms. The van der Waals surface area contributed by atoms with Gasteiger partial charge in [-0.25, -0.2) is 13.8 Å². The van der Waals surface area contributed by atoms with Crippen molar-refractivity contribution in [2.24, 2.45) is 0 Å². The minimum absolute atomic E-state index is 0.272. The Hall–Kier alpha value is -2.67. The predicted octanol–water partition coefficient (Wildman–Crippen LogP) is 4.04. The molecular formula is C16H11F2N3OS. The Labute approximate surface area is 134 Å². The number of aromatic nitrogens is 2. The first kappa shape index (κ1) is 15.2. The van der Waals surface area contributed by atoms with E-state index >= 15 is 0 Å². The van der Waals surface area contributed by atoms with Crippen LogP contribution in [0.1, 0.15) is 16.1 Å². The second-order valence-electron chi connectivity index (χ2n) is 4.73. The summed E-state index contributed by atoms with van der Waals surface area (Å²) in [6.07, 6.45) is 3.34. The van der Waals surface area contributed by atoms with Crippen molar-refractivity contribution in [3.63, 3.8) is 0 Å². The molecule has 0 aliphatic heterocycles. The van der Waals surface area contributed by atoms with Gasteiger partial charge in [-0.2, -0.15) is 0 Å². The number of pyridine rings is 1. The Kier molecular flexibility index (Phi) is 4.12. The number of aryl methyl sites for hydroxylation is 1. The number of nitrogens with zero attached hydrogens (tertiary/aromatic N) is 2. The van der Waals surface area contributed by atoms with Crippen molar-refractivity contribution < 1.29 is 13.6 Å². The summed E-state index contributed by atoms with van der Waals surface area (Å²) in [7, 11) is 0. The average molecular weight is 331 g/mol. The second kappa shape index (κ2) is 6.21. The van der Waals surface area contributed by atoms with Gasteiger partial charge in [0.05, 0.1) is 10.6 Å². The highest BCUT2D eigenvalue weighted by atomic mass is 32.1. The lowest BCUT2D eigenvalue weighted by Gasteiger charge is -2.04. The Morgan fingerprint density at radius 2 is 1.91 bits per heavy atom. The van der Waals surface area contributed by atoms with Crippen LogP contribution in [0.3, 0.4) is 0 Å². The van der Waals surface area contributed by atoms with E-state index in [0.717, 1.165) is 22.6 Å². The van der Waals surface area contributed by atoms with Crippen LogP contribution in [-0.2, 0) is 0 Å². The Morgan fingerprint density at radius 3 is 2.57 bits per heavy atom. The lowest BCUT2D eigenvalue weighted by Crippen LogP contribution is -2.15. The molecule has 0 radical (unpaired) electrons. The summed E-state index contributed by atoms with van der Waals surface area (Å²) in [6, 6.07) is 6.94. The fraction of sp³-hybridized carbons (Fsp3) is 0.0625. The summed E-state index contributed by atoms with van der Waals surface area (Å²) in [6.45, 7) is 1.79. The molecule has 3 rings (SSSR count). The number of nitrogens with one attached hydrogen (secondary N) is 1. The third-order valence-electron chi connectivity index (χ3n) is 3.13. The van der Waals surface area contributed by atoms with Gasteiger partial charge in [0.15, 0.2) is 5.13 Å². The molecule has 7 heteroatoms. The zero-order valence-corrected chi connectivity index (χ0v) is 12.8. The molecular weight excluding hydrogens is 320 g/mol. The van der Waals surface area contributed by atoms with E-state index in [1.165, 1.54) is 17.4 Å². The number of halogens is 2. The molecule has 1 N–H and O–H groups in total. The quantitative estimate of drug-likeness (QED) is 0.788. The average Bonchev–Trinajstić information content (AvgIpc) is 2.88. The van der Waals surface area contributed by atoms with E-state index in [1.54, 1.807) is 25.4 Å². The molecule has 2 heterocycles. The molecule has 0 aliphatic rings. The number of thiazole rings is 1. The third kappa shape index (κ3) is 3.09. The number of hydrogen-bond donors (Lipinski definition) is 1. The summed E-state index contributed by atoms with van der Waals surface area (Å²) in [5, 5.41) is 2.71. The third-order valence-corrected chi connectivity index (χ3v) is 4.25. The molecule has 1 amide bonds. The maximum Gasteiger partial charge on any atom is 0.263 e. The van der Waals surface area contributed by atoms with E-state index in [4.69, 9.17) is 0 Å². The second-order valence-corrected chi connectivity index (χ2v) is 5.73. The molecule has 0 spiro atoms. The van der Waals surface area contributed by atoms with Gasteiger partial charge in [-0.15, -0.1) is 0 Å². The fourth-order valence-corrected chi connectivity index (χ4v) is 3.04. The molecule has 0 fully saturated rings. The number of carbonyl (C=O) groups is 1. The minimum Gasteiger partial charge on any atom is -0.298 e. The number of hydrogen-bond acceptors (Lipinski definition) is 4. The predicted molar refractivity (Wildman–Crippen MR) is 84.4 cm³/mol. The van der Waals surface area contributed by atoms with Gasteiger partial charge in [-0.05, 0) is 25.1 Å². The molecule has 0 saturated carbocycles. The van der Waals surface area contributed by atoms with Crippen LogP contribution in [-0.4, -0.2) is 15.9 Å². The van der Waals surface area contributed by atoms with Crippen molar-refractivity contribution >= 4 is 22.4 Å². The van der Waals surface area contributed by atoms with E-state index in [-0.39, 0.29) is 5.13 Å². The van der Waals surface area contributed by atoms with Gasteiger partial charge in [-0.3, -0.25) is 15.1 Å². The SMILES string of the molecule is Cc1nc(NC(=O)c2c(F)cccc2F)sc1-c1cccnc1. The van der Waals surface area contributed by atoms with Crippen molar-refractivity contribution in [2.45, 2.75) is 6.92 Å². The molecule has 0 bridgehead atoms. The van der Waals surface area contributed by atoms with Gasteiger partial charge in [-0.1, -0.05) is 23.5 Å². The fourth-order valence-electron chi connectivity index (χ4n) is 2.09. The first-order valence-electron chi connectivity index (χ1n) is 6.69. The normalized spacial score (nSPS) is 10.6. The van der Waals surface area contributed by atoms with E-state index in [1.807, 2.05) is 6.07 Å². The van der Waals surface area contributed by atoms with Crippen LogP contribution in [0, 0.1) is 18.6 Å². The molecule has 4 nitrogen and oxygen atoms in total. The lowest BCUT2D eigenvalue weighted by atomic mass is 10.2. The van der Waals surface area contributed by atoms with Crippen molar-refractivity contribution in [3.05, 3.63) is 65.6 Å². The topological polar surface area (TPSA) is 54.9 Å².